The van der Waals surface area contributed by atoms with Gasteiger partial charge in [0.1, 0.15) is 0 Å². The molecule has 0 aliphatic carbocycles. The topological polar surface area (TPSA) is 34.2 Å². The van der Waals surface area contributed by atoms with Crippen molar-refractivity contribution in [2.75, 3.05) is 11.9 Å². The molecule has 94 valence electrons. The summed E-state index contributed by atoms with van der Waals surface area (Å²) in [6.07, 6.45) is 4.92. The Labute approximate surface area is 107 Å². The Balaban J connectivity index is 1.67. The second kappa shape index (κ2) is 4.94. The van der Waals surface area contributed by atoms with Crippen molar-refractivity contribution < 1.29 is 4.74 Å². The molecule has 2 aromatic rings. The van der Waals surface area contributed by atoms with Gasteiger partial charge < -0.3 is 10.1 Å². The summed E-state index contributed by atoms with van der Waals surface area (Å²) in [5.74, 6) is 0. The van der Waals surface area contributed by atoms with E-state index in [9.17, 15) is 0 Å². The summed E-state index contributed by atoms with van der Waals surface area (Å²) in [6, 6.07) is 10.3. The molecule has 0 amide bonds. The van der Waals surface area contributed by atoms with Crippen molar-refractivity contribution >= 4 is 16.6 Å². The second-order valence-electron chi connectivity index (χ2n) is 4.94. The lowest BCUT2D eigenvalue weighted by Gasteiger charge is -2.13. The molecule has 1 N–H and O–H groups in total. The zero-order valence-electron chi connectivity index (χ0n) is 10.6. The van der Waals surface area contributed by atoms with E-state index in [1.165, 1.54) is 11.8 Å². The van der Waals surface area contributed by atoms with Gasteiger partial charge in [-0.15, -0.1) is 0 Å². The van der Waals surface area contributed by atoms with Gasteiger partial charge in [0, 0.05) is 23.8 Å². The fraction of sp³-hybridized carbons (Fsp3) is 0.400. The highest BCUT2D eigenvalue weighted by molar-refractivity contribution is 5.82. The minimum absolute atomic E-state index is 0.351. The summed E-state index contributed by atoms with van der Waals surface area (Å²) in [4.78, 5) is 4.32. The van der Waals surface area contributed by atoms with Gasteiger partial charge in [-0.1, -0.05) is 6.07 Å². The molecule has 0 bridgehead atoms. The van der Waals surface area contributed by atoms with Crippen LogP contribution in [0.4, 0.5) is 5.69 Å². The van der Waals surface area contributed by atoms with Gasteiger partial charge >= 0.3 is 0 Å². The van der Waals surface area contributed by atoms with Crippen LogP contribution in [-0.2, 0) is 4.74 Å². The molecule has 3 rings (SSSR count). The molecular weight excluding hydrogens is 224 g/mol. The zero-order chi connectivity index (χ0) is 12.4. The summed E-state index contributed by atoms with van der Waals surface area (Å²) >= 11 is 0. The van der Waals surface area contributed by atoms with E-state index in [0.29, 0.717) is 12.2 Å². The lowest BCUT2D eigenvalue weighted by atomic mass is 10.2. The van der Waals surface area contributed by atoms with E-state index in [-0.39, 0.29) is 0 Å². The third-order valence-electron chi connectivity index (χ3n) is 3.46. The van der Waals surface area contributed by atoms with Crippen molar-refractivity contribution in [2.24, 2.45) is 0 Å². The van der Waals surface area contributed by atoms with E-state index in [4.69, 9.17) is 4.74 Å². The first-order valence-electron chi connectivity index (χ1n) is 6.55. The molecule has 2 atom stereocenters. The molecule has 2 heterocycles. The van der Waals surface area contributed by atoms with Gasteiger partial charge in [0.2, 0.25) is 0 Å². The third-order valence-corrected chi connectivity index (χ3v) is 3.46. The molecule has 1 fully saturated rings. The highest BCUT2D eigenvalue weighted by Crippen LogP contribution is 2.21. The molecule has 1 saturated heterocycles. The molecule has 1 aromatic carbocycles. The Hall–Kier alpha value is -1.61. The summed E-state index contributed by atoms with van der Waals surface area (Å²) < 4.78 is 5.80. The largest absolute Gasteiger partial charge is 0.382 e. The molecule has 0 radical (unpaired) electrons. The number of fused-ring (bicyclic) bond motifs is 1. The predicted octanol–water partition coefficient (Wildman–Crippen LogP) is 3.21. The zero-order valence-corrected chi connectivity index (χ0v) is 10.6. The van der Waals surface area contributed by atoms with Gasteiger partial charge in [-0.25, -0.2) is 0 Å². The highest BCUT2D eigenvalue weighted by Gasteiger charge is 2.21. The highest BCUT2D eigenvalue weighted by atomic mass is 16.5. The minimum Gasteiger partial charge on any atom is -0.382 e. The Bertz CT molecular complexity index is 541. The van der Waals surface area contributed by atoms with E-state index < -0.39 is 0 Å². The Morgan fingerprint density at radius 2 is 2.28 bits per heavy atom. The number of rotatable bonds is 3. The summed E-state index contributed by atoms with van der Waals surface area (Å²) in [5, 5.41) is 4.62. The first kappa shape index (κ1) is 11.5. The molecule has 0 spiro atoms. The van der Waals surface area contributed by atoms with Crippen molar-refractivity contribution in [3.05, 3.63) is 36.5 Å². The number of hydrogen-bond donors (Lipinski definition) is 1. The lowest BCUT2D eigenvalue weighted by molar-refractivity contribution is 0.0637. The predicted molar refractivity (Wildman–Crippen MR) is 73.8 cm³/mol. The SMILES string of the molecule is CC1CCC(CNc2ccc3ncccc3c2)O1. The smallest absolute Gasteiger partial charge is 0.0751 e. The quantitative estimate of drug-likeness (QED) is 0.897. The summed E-state index contributed by atoms with van der Waals surface area (Å²) in [5.41, 5.74) is 2.17. The maximum atomic E-state index is 5.80. The molecule has 18 heavy (non-hydrogen) atoms. The van der Waals surface area contributed by atoms with Crippen molar-refractivity contribution in [2.45, 2.75) is 32.0 Å². The number of ether oxygens (including phenoxy) is 1. The number of nitrogens with zero attached hydrogens (tertiary/aromatic N) is 1. The number of pyridine rings is 1. The molecule has 0 saturated carbocycles. The van der Waals surface area contributed by atoms with Crippen LogP contribution in [-0.4, -0.2) is 23.7 Å². The Kier molecular flexibility index (Phi) is 3.15. The van der Waals surface area contributed by atoms with Crippen LogP contribution in [0.5, 0.6) is 0 Å². The van der Waals surface area contributed by atoms with Crippen molar-refractivity contribution in [3.8, 4) is 0 Å². The Morgan fingerprint density at radius 1 is 1.33 bits per heavy atom. The van der Waals surface area contributed by atoms with Crippen molar-refractivity contribution in [1.82, 2.24) is 4.98 Å². The van der Waals surface area contributed by atoms with Crippen LogP contribution < -0.4 is 5.32 Å². The molecule has 3 nitrogen and oxygen atoms in total. The van der Waals surface area contributed by atoms with Gasteiger partial charge in [0.15, 0.2) is 0 Å². The summed E-state index contributed by atoms with van der Waals surface area (Å²) in [6.45, 7) is 3.03. The second-order valence-corrected chi connectivity index (χ2v) is 4.94. The monoisotopic (exact) mass is 242 g/mol. The molecular formula is C15H18N2O. The molecule has 1 aliphatic rings. The average molecular weight is 242 g/mol. The number of aromatic nitrogens is 1. The van der Waals surface area contributed by atoms with Gasteiger partial charge in [0.05, 0.1) is 17.7 Å². The van der Waals surface area contributed by atoms with Crippen molar-refractivity contribution in [1.29, 1.82) is 0 Å². The fourth-order valence-electron chi connectivity index (χ4n) is 2.45. The van der Waals surface area contributed by atoms with Crippen LogP contribution in [0.1, 0.15) is 19.8 Å². The fourth-order valence-corrected chi connectivity index (χ4v) is 2.45. The number of benzene rings is 1. The van der Waals surface area contributed by atoms with Crippen LogP contribution in [0, 0.1) is 0 Å². The maximum absolute atomic E-state index is 5.80. The van der Waals surface area contributed by atoms with E-state index >= 15 is 0 Å². The van der Waals surface area contributed by atoms with Crippen LogP contribution in [0.2, 0.25) is 0 Å². The number of nitrogens with one attached hydrogen (secondary N) is 1. The van der Waals surface area contributed by atoms with Gasteiger partial charge in [-0.2, -0.15) is 0 Å². The average Bonchev–Trinajstić information content (AvgIpc) is 2.82. The molecule has 3 heteroatoms. The molecule has 2 unspecified atom stereocenters. The first-order valence-corrected chi connectivity index (χ1v) is 6.55. The van der Waals surface area contributed by atoms with Crippen LogP contribution in [0.25, 0.3) is 10.9 Å². The standard InChI is InChI=1S/C15H18N2O/c1-11-4-6-14(18-11)10-17-13-5-7-15-12(9-13)3-2-8-16-15/h2-3,5,7-9,11,14,17H,4,6,10H2,1H3. The van der Waals surface area contributed by atoms with Crippen molar-refractivity contribution in [3.63, 3.8) is 0 Å². The molecule has 1 aliphatic heterocycles. The number of hydrogen-bond acceptors (Lipinski definition) is 3. The van der Waals surface area contributed by atoms with Crippen LogP contribution in [0.15, 0.2) is 36.5 Å². The first-order chi connectivity index (χ1) is 8.81. The van der Waals surface area contributed by atoms with Gasteiger partial charge in [-0.05, 0) is 44.0 Å². The number of anilines is 1. The lowest BCUT2D eigenvalue weighted by Crippen LogP contribution is -2.19. The Morgan fingerprint density at radius 3 is 3.11 bits per heavy atom. The molecule has 1 aromatic heterocycles. The summed E-state index contributed by atoms with van der Waals surface area (Å²) in [7, 11) is 0. The van der Waals surface area contributed by atoms with E-state index in [1.807, 2.05) is 12.3 Å². The van der Waals surface area contributed by atoms with Crippen LogP contribution >= 0.6 is 0 Å². The van der Waals surface area contributed by atoms with Crippen LogP contribution in [0.3, 0.4) is 0 Å². The van der Waals surface area contributed by atoms with Gasteiger partial charge in [-0.3, -0.25) is 4.98 Å². The van der Waals surface area contributed by atoms with E-state index in [2.05, 4.69) is 41.5 Å². The minimum atomic E-state index is 0.351. The van der Waals surface area contributed by atoms with Gasteiger partial charge in [0.25, 0.3) is 0 Å². The van der Waals surface area contributed by atoms with E-state index in [0.717, 1.165) is 24.2 Å². The van der Waals surface area contributed by atoms with E-state index in [1.54, 1.807) is 0 Å². The maximum Gasteiger partial charge on any atom is 0.0751 e. The third kappa shape index (κ3) is 2.46. The normalized spacial score (nSPS) is 23.4.